The third kappa shape index (κ3) is 6.78. The van der Waals surface area contributed by atoms with Gasteiger partial charge in [-0.05, 0) is 43.0 Å². The fraction of sp³-hybridized carbons (Fsp3) is 0.400. The number of piperidine rings is 1. The van der Waals surface area contributed by atoms with Crippen molar-refractivity contribution in [1.82, 2.24) is 15.2 Å². The van der Waals surface area contributed by atoms with Crippen LogP contribution in [-0.4, -0.2) is 34.9 Å². The lowest BCUT2D eigenvalue weighted by atomic mass is 10.0. The molecule has 0 radical (unpaired) electrons. The first-order valence-electron chi connectivity index (χ1n) is 8.85. The molecule has 1 aromatic carbocycles. The molecule has 1 atom stereocenters. The van der Waals surface area contributed by atoms with Crippen molar-refractivity contribution >= 4 is 30.7 Å². The second kappa shape index (κ2) is 11.2. The summed E-state index contributed by atoms with van der Waals surface area (Å²) in [7, 11) is 0. The molecule has 0 saturated carbocycles. The number of hydrogen-bond acceptors (Lipinski definition) is 4. The number of nitrogens with zero attached hydrogens (tertiary/aromatic N) is 2. The summed E-state index contributed by atoms with van der Waals surface area (Å²) < 4.78 is 0. The molecule has 1 unspecified atom stereocenters. The van der Waals surface area contributed by atoms with Crippen molar-refractivity contribution in [3.8, 4) is 0 Å². The number of amides is 1. The van der Waals surface area contributed by atoms with Crippen molar-refractivity contribution in [2.24, 2.45) is 5.73 Å². The van der Waals surface area contributed by atoms with Crippen molar-refractivity contribution in [3.05, 3.63) is 65.5 Å². The number of nitrogens with two attached hydrogens (primary N) is 1. The van der Waals surface area contributed by atoms with Crippen LogP contribution in [0, 0.1) is 6.92 Å². The number of likely N-dealkylation sites (tertiary alicyclic amines) is 1. The molecule has 1 amide bonds. The highest BCUT2D eigenvalue weighted by molar-refractivity contribution is 5.85. The zero-order valence-corrected chi connectivity index (χ0v) is 17.1. The Bertz CT molecular complexity index is 689. The number of carbonyl (C=O) groups is 1. The van der Waals surface area contributed by atoms with Crippen molar-refractivity contribution < 1.29 is 4.79 Å². The summed E-state index contributed by atoms with van der Waals surface area (Å²) in [5, 5.41) is 3.12. The quantitative estimate of drug-likeness (QED) is 0.794. The maximum absolute atomic E-state index is 12.4. The van der Waals surface area contributed by atoms with Crippen LogP contribution in [-0.2, 0) is 11.3 Å². The minimum Gasteiger partial charge on any atom is -0.352 e. The van der Waals surface area contributed by atoms with E-state index >= 15 is 0 Å². The second-order valence-corrected chi connectivity index (χ2v) is 6.80. The van der Waals surface area contributed by atoms with Gasteiger partial charge in [-0.2, -0.15) is 0 Å². The summed E-state index contributed by atoms with van der Waals surface area (Å²) >= 11 is 0. The molecule has 148 valence electrons. The van der Waals surface area contributed by atoms with E-state index in [9.17, 15) is 4.79 Å². The first kappa shape index (κ1) is 23.4. The van der Waals surface area contributed by atoms with Gasteiger partial charge in [0.15, 0.2) is 0 Å². The van der Waals surface area contributed by atoms with Crippen molar-refractivity contribution in [2.75, 3.05) is 13.1 Å². The standard InChI is InChI=1S/C20H26N4O.2ClH/c1-15-2-4-17(5-3-15)19(21)20(25)23-18-8-12-24(13-9-18)14-16-6-10-22-11-7-16;;/h2-7,10-11,18-19H,8-9,12-14,21H2,1H3,(H,23,25);2*1H. The van der Waals surface area contributed by atoms with Crippen LogP contribution in [0.25, 0.3) is 0 Å². The number of rotatable bonds is 5. The molecule has 1 fully saturated rings. The van der Waals surface area contributed by atoms with Gasteiger partial charge in [0, 0.05) is 38.1 Å². The van der Waals surface area contributed by atoms with Gasteiger partial charge in [-0.25, -0.2) is 0 Å². The largest absolute Gasteiger partial charge is 0.352 e. The van der Waals surface area contributed by atoms with Gasteiger partial charge in [0.25, 0.3) is 0 Å². The summed E-state index contributed by atoms with van der Waals surface area (Å²) in [6.07, 6.45) is 5.57. The number of nitrogens with one attached hydrogen (secondary N) is 1. The van der Waals surface area contributed by atoms with Crippen LogP contribution in [0.2, 0.25) is 0 Å². The third-order valence-corrected chi connectivity index (χ3v) is 4.81. The molecule has 3 N–H and O–H groups in total. The van der Waals surface area contributed by atoms with E-state index in [4.69, 9.17) is 5.73 Å². The topological polar surface area (TPSA) is 71.2 Å². The molecule has 2 heterocycles. The fourth-order valence-corrected chi connectivity index (χ4v) is 3.20. The number of benzene rings is 1. The summed E-state index contributed by atoms with van der Waals surface area (Å²) in [5.41, 5.74) is 9.41. The highest BCUT2D eigenvalue weighted by Gasteiger charge is 2.23. The third-order valence-electron chi connectivity index (χ3n) is 4.81. The van der Waals surface area contributed by atoms with E-state index in [-0.39, 0.29) is 36.8 Å². The Morgan fingerprint density at radius 1 is 1.15 bits per heavy atom. The lowest BCUT2D eigenvalue weighted by molar-refractivity contribution is -0.123. The molecular formula is C20H28Cl2N4O. The van der Waals surface area contributed by atoms with Gasteiger partial charge >= 0.3 is 0 Å². The highest BCUT2D eigenvalue weighted by Crippen LogP contribution is 2.16. The molecule has 2 aromatic rings. The van der Waals surface area contributed by atoms with Crippen LogP contribution in [0.5, 0.6) is 0 Å². The monoisotopic (exact) mass is 410 g/mol. The molecule has 0 bridgehead atoms. The molecule has 1 aromatic heterocycles. The van der Waals surface area contributed by atoms with Gasteiger partial charge in [-0.3, -0.25) is 14.7 Å². The Kier molecular flexibility index (Phi) is 9.74. The predicted octanol–water partition coefficient (Wildman–Crippen LogP) is 3.01. The first-order valence-corrected chi connectivity index (χ1v) is 8.85. The molecule has 27 heavy (non-hydrogen) atoms. The Hall–Kier alpha value is -1.66. The number of aromatic nitrogens is 1. The van der Waals surface area contributed by atoms with E-state index in [1.807, 2.05) is 43.6 Å². The van der Waals surface area contributed by atoms with Crippen LogP contribution in [0.15, 0.2) is 48.8 Å². The van der Waals surface area contributed by atoms with Crippen LogP contribution in [0.1, 0.15) is 35.6 Å². The number of pyridine rings is 1. The normalized spacial score (nSPS) is 15.9. The molecular weight excluding hydrogens is 383 g/mol. The molecule has 5 nitrogen and oxygen atoms in total. The lowest BCUT2D eigenvalue weighted by Crippen LogP contribution is -2.46. The van der Waals surface area contributed by atoms with Crippen molar-refractivity contribution in [1.29, 1.82) is 0 Å². The van der Waals surface area contributed by atoms with Gasteiger partial charge in [0.1, 0.15) is 6.04 Å². The zero-order valence-electron chi connectivity index (χ0n) is 15.5. The van der Waals surface area contributed by atoms with Gasteiger partial charge in [-0.15, -0.1) is 24.8 Å². The van der Waals surface area contributed by atoms with E-state index in [2.05, 4.69) is 27.3 Å². The van der Waals surface area contributed by atoms with E-state index in [0.717, 1.165) is 43.6 Å². The number of hydrogen-bond donors (Lipinski definition) is 2. The molecule has 1 aliphatic heterocycles. The van der Waals surface area contributed by atoms with Crippen LogP contribution >= 0.6 is 24.8 Å². The highest BCUT2D eigenvalue weighted by atomic mass is 35.5. The van der Waals surface area contributed by atoms with E-state index in [1.54, 1.807) is 0 Å². The Labute approximate surface area is 173 Å². The smallest absolute Gasteiger partial charge is 0.241 e. The minimum absolute atomic E-state index is 0. The van der Waals surface area contributed by atoms with Gasteiger partial charge < -0.3 is 11.1 Å². The summed E-state index contributed by atoms with van der Waals surface area (Å²) in [6.45, 7) is 4.92. The lowest BCUT2D eigenvalue weighted by Gasteiger charge is -2.32. The first-order chi connectivity index (χ1) is 12.1. The van der Waals surface area contributed by atoms with Crippen molar-refractivity contribution in [3.63, 3.8) is 0 Å². The summed E-state index contributed by atoms with van der Waals surface area (Å²) in [6, 6.07) is 11.5. The van der Waals surface area contributed by atoms with Crippen LogP contribution in [0.4, 0.5) is 0 Å². The average molecular weight is 411 g/mol. The molecule has 1 saturated heterocycles. The Morgan fingerprint density at radius 3 is 2.33 bits per heavy atom. The van der Waals surface area contributed by atoms with Gasteiger partial charge in [-0.1, -0.05) is 29.8 Å². The fourth-order valence-electron chi connectivity index (χ4n) is 3.20. The average Bonchev–Trinajstić information content (AvgIpc) is 2.64. The summed E-state index contributed by atoms with van der Waals surface area (Å²) in [5.74, 6) is -0.0866. The predicted molar refractivity (Wildman–Crippen MR) is 113 cm³/mol. The molecule has 3 rings (SSSR count). The molecule has 0 aliphatic carbocycles. The second-order valence-electron chi connectivity index (χ2n) is 6.80. The molecule has 1 aliphatic rings. The zero-order chi connectivity index (χ0) is 17.6. The Balaban J connectivity index is 0.00000182. The van der Waals surface area contributed by atoms with Crippen molar-refractivity contribution in [2.45, 2.75) is 38.4 Å². The molecule has 7 heteroatoms. The van der Waals surface area contributed by atoms with E-state index < -0.39 is 6.04 Å². The maximum Gasteiger partial charge on any atom is 0.241 e. The SMILES string of the molecule is Cc1ccc(C(N)C(=O)NC2CCN(Cc3ccncc3)CC2)cc1.Cl.Cl. The van der Waals surface area contributed by atoms with E-state index in [0.29, 0.717) is 0 Å². The van der Waals surface area contributed by atoms with Gasteiger partial charge in [0.05, 0.1) is 0 Å². The minimum atomic E-state index is -0.601. The van der Waals surface area contributed by atoms with Gasteiger partial charge in [0.2, 0.25) is 5.91 Å². The summed E-state index contributed by atoms with van der Waals surface area (Å²) in [4.78, 5) is 18.9. The maximum atomic E-state index is 12.4. The van der Waals surface area contributed by atoms with Crippen LogP contribution < -0.4 is 11.1 Å². The van der Waals surface area contributed by atoms with E-state index in [1.165, 1.54) is 5.56 Å². The number of aryl methyl sites for hydroxylation is 1. The Morgan fingerprint density at radius 2 is 1.74 bits per heavy atom. The molecule has 0 spiro atoms. The number of halogens is 2. The van der Waals surface area contributed by atoms with Crippen LogP contribution in [0.3, 0.4) is 0 Å². The number of carbonyl (C=O) groups excluding carboxylic acids is 1.